The Balaban J connectivity index is 2.47. The second-order valence-corrected chi connectivity index (χ2v) is 11.6. The average Bonchev–Trinajstić information content (AvgIpc) is 3.03. The Kier molecular flexibility index (Phi) is 24.6. The minimum absolute atomic E-state index is 0.211. The SMILES string of the molecule is C/C=C/CCCCCCCC(=O)OC[C@H](CO[C@@H]1O[C@H](CO)[C@H](O)[C@H](O)[C@H]1O)OC(=O)CCCCCCC/C=C\C/C=C\CC. The Morgan fingerprint density at radius 2 is 1.33 bits per heavy atom. The van der Waals surface area contributed by atoms with E-state index in [1.54, 1.807) is 0 Å². The summed E-state index contributed by atoms with van der Waals surface area (Å²) in [5, 5.41) is 39.7. The molecule has 0 radical (unpaired) electrons. The Bertz CT molecular complexity index is 840. The Morgan fingerprint density at radius 1 is 0.733 bits per heavy atom. The molecular formula is C35H60O10. The monoisotopic (exact) mass is 640 g/mol. The van der Waals surface area contributed by atoms with Gasteiger partial charge in [0.05, 0.1) is 13.2 Å². The van der Waals surface area contributed by atoms with Crippen LogP contribution in [-0.4, -0.2) is 89.0 Å². The molecule has 6 atom stereocenters. The number of aliphatic hydroxyl groups is 4. The molecular weight excluding hydrogens is 580 g/mol. The number of esters is 2. The van der Waals surface area contributed by atoms with Crippen molar-refractivity contribution in [2.75, 3.05) is 19.8 Å². The van der Waals surface area contributed by atoms with E-state index in [0.717, 1.165) is 77.0 Å². The van der Waals surface area contributed by atoms with Crippen LogP contribution in [0.2, 0.25) is 0 Å². The van der Waals surface area contributed by atoms with Gasteiger partial charge in [-0.25, -0.2) is 0 Å². The van der Waals surface area contributed by atoms with Crippen molar-refractivity contribution >= 4 is 11.9 Å². The molecule has 0 saturated carbocycles. The quantitative estimate of drug-likeness (QED) is 0.0563. The van der Waals surface area contributed by atoms with E-state index in [1.165, 1.54) is 0 Å². The second kappa shape index (κ2) is 27.1. The van der Waals surface area contributed by atoms with Crippen LogP contribution in [0.1, 0.15) is 117 Å². The fourth-order valence-corrected chi connectivity index (χ4v) is 4.87. The molecule has 0 spiro atoms. The van der Waals surface area contributed by atoms with Gasteiger partial charge in [0, 0.05) is 12.8 Å². The molecule has 10 nitrogen and oxygen atoms in total. The largest absolute Gasteiger partial charge is 0.462 e. The Hall–Kier alpha value is -2.08. The molecule has 10 heteroatoms. The van der Waals surface area contributed by atoms with E-state index in [-0.39, 0.29) is 26.1 Å². The molecule has 0 aromatic heterocycles. The van der Waals surface area contributed by atoms with Crippen molar-refractivity contribution in [2.45, 2.75) is 153 Å². The van der Waals surface area contributed by atoms with Crippen LogP contribution >= 0.6 is 0 Å². The van der Waals surface area contributed by atoms with Crippen LogP contribution in [0, 0.1) is 0 Å². The summed E-state index contributed by atoms with van der Waals surface area (Å²) in [5.74, 6) is -0.848. The van der Waals surface area contributed by atoms with Gasteiger partial charge < -0.3 is 39.4 Å². The predicted octanol–water partition coefficient (Wildman–Crippen LogP) is 5.21. The summed E-state index contributed by atoms with van der Waals surface area (Å²) in [7, 11) is 0. The molecule has 260 valence electrons. The first-order valence-electron chi connectivity index (χ1n) is 17.0. The molecule has 1 heterocycles. The van der Waals surface area contributed by atoms with Gasteiger partial charge in [-0.1, -0.05) is 81.9 Å². The van der Waals surface area contributed by atoms with Gasteiger partial charge in [-0.15, -0.1) is 0 Å². The maximum absolute atomic E-state index is 12.6. The van der Waals surface area contributed by atoms with Crippen molar-refractivity contribution in [1.82, 2.24) is 0 Å². The van der Waals surface area contributed by atoms with Crippen LogP contribution in [0.3, 0.4) is 0 Å². The average molecular weight is 641 g/mol. The van der Waals surface area contributed by atoms with Crippen LogP contribution in [0.5, 0.6) is 0 Å². The number of ether oxygens (including phenoxy) is 4. The number of carbonyl (C=O) groups is 2. The Labute approximate surface area is 270 Å². The third kappa shape index (κ3) is 19.9. The summed E-state index contributed by atoms with van der Waals surface area (Å²) in [6.07, 6.45) is 19.1. The molecule has 1 fully saturated rings. The van der Waals surface area contributed by atoms with Gasteiger partial charge in [0.1, 0.15) is 31.0 Å². The zero-order chi connectivity index (χ0) is 33.1. The number of unbranched alkanes of at least 4 members (excludes halogenated alkanes) is 10. The smallest absolute Gasteiger partial charge is 0.306 e. The lowest BCUT2D eigenvalue weighted by Gasteiger charge is -2.39. The van der Waals surface area contributed by atoms with E-state index < -0.39 is 55.4 Å². The summed E-state index contributed by atoms with van der Waals surface area (Å²) >= 11 is 0. The third-order valence-electron chi connectivity index (χ3n) is 7.60. The first kappa shape index (κ1) is 40.9. The van der Waals surface area contributed by atoms with E-state index in [0.29, 0.717) is 12.8 Å². The normalized spacial score (nSPS) is 22.8. The number of carbonyl (C=O) groups excluding carboxylic acids is 2. The maximum Gasteiger partial charge on any atom is 0.306 e. The molecule has 0 aromatic rings. The number of hydrogen-bond acceptors (Lipinski definition) is 10. The molecule has 45 heavy (non-hydrogen) atoms. The topological polar surface area (TPSA) is 152 Å². The highest BCUT2D eigenvalue weighted by Gasteiger charge is 2.44. The first-order chi connectivity index (χ1) is 21.8. The number of aliphatic hydroxyl groups excluding tert-OH is 4. The van der Waals surface area contributed by atoms with Crippen LogP contribution in [-0.2, 0) is 28.5 Å². The van der Waals surface area contributed by atoms with E-state index in [1.807, 2.05) is 13.0 Å². The van der Waals surface area contributed by atoms with Crippen LogP contribution in [0.15, 0.2) is 36.5 Å². The highest BCUT2D eigenvalue weighted by molar-refractivity contribution is 5.70. The summed E-state index contributed by atoms with van der Waals surface area (Å²) in [6.45, 7) is 3.03. The standard InChI is InChI=1S/C35H60O10/c1-3-5-7-9-11-13-14-15-16-18-20-22-24-31(38)44-28(26-42-30(37)23-21-19-17-12-10-8-6-4-2)27-43-35-34(41)33(40)32(39)29(25-36)45-35/h4-7,11,13,28-29,32-36,39-41H,3,8-10,12,14-27H2,1-2H3/b6-4+,7-5-,13-11-/t28-,29-,32+,33+,34-,35-/m1/s1. The van der Waals surface area contributed by atoms with Gasteiger partial charge in [-0.3, -0.25) is 9.59 Å². The molecule has 4 N–H and O–H groups in total. The second-order valence-electron chi connectivity index (χ2n) is 11.6. The minimum atomic E-state index is -1.60. The molecule has 0 amide bonds. The third-order valence-corrected chi connectivity index (χ3v) is 7.60. The fraction of sp³-hybridized carbons (Fsp3) is 0.771. The summed E-state index contributed by atoms with van der Waals surface area (Å²) in [6, 6.07) is 0. The van der Waals surface area contributed by atoms with Gasteiger partial charge >= 0.3 is 11.9 Å². The van der Waals surface area contributed by atoms with Gasteiger partial charge in [0.25, 0.3) is 0 Å². The van der Waals surface area contributed by atoms with Gasteiger partial charge in [-0.05, 0) is 58.3 Å². The van der Waals surface area contributed by atoms with Crippen molar-refractivity contribution < 1.29 is 49.0 Å². The van der Waals surface area contributed by atoms with Crippen LogP contribution in [0.25, 0.3) is 0 Å². The van der Waals surface area contributed by atoms with E-state index in [9.17, 15) is 30.0 Å². The lowest BCUT2D eigenvalue weighted by molar-refractivity contribution is -0.305. The molecule has 1 aliphatic rings. The van der Waals surface area contributed by atoms with Crippen molar-refractivity contribution in [3.63, 3.8) is 0 Å². The van der Waals surface area contributed by atoms with E-state index >= 15 is 0 Å². The Morgan fingerprint density at radius 3 is 1.98 bits per heavy atom. The maximum atomic E-state index is 12.6. The van der Waals surface area contributed by atoms with Gasteiger partial charge in [0.2, 0.25) is 0 Å². The van der Waals surface area contributed by atoms with Crippen LogP contribution in [0.4, 0.5) is 0 Å². The number of hydrogen-bond donors (Lipinski definition) is 4. The van der Waals surface area contributed by atoms with Crippen molar-refractivity contribution in [1.29, 1.82) is 0 Å². The van der Waals surface area contributed by atoms with Crippen LogP contribution < -0.4 is 0 Å². The highest BCUT2D eigenvalue weighted by atomic mass is 16.7. The number of rotatable bonds is 26. The lowest BCUT2D eigenvalue weighted by Crippen LogP contribution is -2.59. The summed E-state index contributed by atoms with van der Waals surface area (Å²) < 4.78 is 21.9. The minimum Gasteiger partial charge on any atom is -0.462 e. The van der Waals surface area contributed by atoms with Gasteiger partial charge in [-0.2, -0.15) is 0 Å². The lowest BCUT2D eigenvalue weighted by atomic mass is 9.99. The first-order valence-corrected chi connectivity index (χ1v) is 17.0. The fourth-order valence-electron chi connectivity index (χ4n) is 4.87. The molecule has 0 aromatic carbocycles. The molecule has 1 aliphatic heterocycles. The number of allylic oxidation sites excluding steroid dienone is 6. The zero-order valence-electron chi connectivity index (χ0n) is 27.6. The highest BCUT2D eigenvalue weighted by Crippen LogP contribution is 2.22. The summed E-state index contributed by atoms with van der Waals surface area (Å²) in [4.78, 5) is 25.0. The summed E-state index contributed by atoms with van der Waals surface area (Å²) in [5.41, 5.74) is 0. The van der Waals surface area contributed by atoms with E-state index in [4.69, 9.17) is 18.9 Å². The predicted molar refractivity (Wildman–Crippen MR) is 173 cm³/mol. The van der Waals surface area contributed by atoms with Gasteiger partial charge in [0.15, 0.2) is 12.4 Å². The molecule has 1 saturated heterocycles. The molecule has 1 rings (SSSR count). The van der Waals surface area contributed by atoms with Crippen molar-refractivity contribution in [3.8, 4) is 0 Å². The molecule has 0 unspecified atom stereocenters. The van der Waals surface area contributed by atoms with Crippen molar-refractivity contribution in [2.24, 2.45) is 0 Å². The molecule has 0 aliphatic carbocycles. The zero-order valence-corrected chi connectivity index (χ0v) is 27.6. The molecule has 0 bridgehead atoms. The van der Waals surface area contributed by atoms with Crippen molar-refractivity contribution in [3.05, 3.63) is 36.5 Å². The van der Waals surface area contributed by atoms with E-state index in [2.05, 4.69) is 37.3 Å².